The van der Waals surface area contributed by atoms with Crippen LogP contribution in [0, 0.1) is 5.92 Å². The van der Waals surface area contributed by atoms with Gasteiger partial charge < -0.3 is 4.74 Å². The lowest BCUT2D eigenvalue weighted by Gasteiger charge is -2.09. The lowest BCUT2D eigenvalue weighted by atomic mass is 10.0. The summed E-state index contributed by atoms with van der Waals surface area (Å²) in [6.45, 7) is 6.66. The van der Waals surface area contributed by atoms with Crippen LogP contribution in [0.25, 0.3) is 0 Å². The molecule has 0 aromatic carbocycles. The maximum Gasteiger partial charge on any atom is 0.306 e. The van der Waals surface area contributed by atoms with Crippen LogP contribution >= 0.6 is 0 Å². The fourth-order valence-corrected chi connectivity index (χ4v) is 1.35. The molecule has 0 amide bonds. The number of carbonyl (C=O) groups excluding carboxylic acids is 1. The van der Waals surface area contributed by atoms with E-state index in [0.717, 1.165) is 6.42 Å². The molecular formula is C11H22O2. The van der Waals surface area contributed by atoms with Crippen LogP contribution in [0.5, 0.6) is 0 Å². The predicted octanol–water partition coefficient (Wildman–Crippen LogP) is 3.16. The Morgan fingerprint density at radius 2 is 2.00 bits per heavy atom. The summed E-state index contributed by atoms with van der Waals surface area (Å²) in [6.07, 6.45) is 5.47. The Balaban J connectivity index is 3.38. The number of ether oxygens (including phenoxy) is 1. The van der Waals surface area contributed by atoms with Crippen molar-refractivity contribution in [1.29, 1.82) is 0 Å². The first-order valence-electron chi connectivity index (χ1n) is 5.36. The van der Waals surface area contributed by atoms with Crippen LogP contribution in [0.1, 0.15) is 52.9 Å². The second-order valence-electron chi connectivity index (χ2n) is 3.61. The quantitative estimate of drug-likeness (QED) is 0.451. The molecule has 0 N–H and O–H groups in total. The molecule has 0 aliphatic carbocycles. The molecule has 0 rings (SSSR count). The van der Waals surface area contributed by atoms with E-state index in [9.17, 15) is 4.79 Å². The second-order valence-corrected chi connectivity index (χ2v) is 3.61. The lowest BCUT2D eigenvalue weighted by molar-refractivity contribution is -0.144. The number of rotatable bonds is 7. The largest absolute Gasteiger partial charge is 0.466 e. The molecule has 0 aliphatic heterocycles. The van der Waals surface area contributed by atoms with E-state index in [1.807, 2.05) is 6.92 Å². The van der Waals surface area contributed by atoms with Crippen molar-refractivity contribution < 1.29 is 9.53 Å². The van der Waals surface area contributed by atoms with E-state index in [0.29, 0.717) is 18.9 Å². The standard InChI is InChI=1S/C11H22O2/c1-4-6-7-8-10(3)9-11(12)13-5-2/h10H,4-9H2,1-3H3/t10-/m1/s1. The van der Waals surface area contributed by atoms with Gasteiger partial charge in [-0.15, -0.1) is 0 Å². The van der Waals surface area contributed by atoms with Gasteiger partial charge in [-0.3, -0.25) is 4.79 Å². The van der Waals surface area contributed by atoms with Crippen molar-refractivity contribution in [2.75, 3.05) is 6.61 Å². The van der Waals surface area contributed by atoms with Crippen molar-refractivity contribution in [1.82, 2.24) is 0 Å². The Morgan fingerprint density at radius 3 is 2.54 bits per heavy atom. The van der Waals surface area contributed by atoms with Gasteiger partial charge in [0.05, 0.1) is 6.61 Å². The maximum atomic E-state index is 11.1. The highest BCUT2D eigenvalue weighted by Gasteiger charge is 2.08. The Morgan fingerprint density at radius 1 is 1.31 bits per heavy atom. The van der Waals surface area contributed by atoms with Crippen LogP contribution in [0.2, 0.25) is 0 Å². The maximum absolute atomic E-state index is 11.1. The summed E-state index contributed by atoms with van der Waals surface area (Å²) in [5, 5.41) is 0. The van der Waals surface area contributed by atoms with Gasteiger partial charge in [0.2, 0.25) is 0 Å². The minimum absolute atomic E-state index is 0.0495. The highest BCUT2D eigenvalue weighted by molar-refractivity contribution is 5.69. The average molecular weight is 186 g/mol. The molecule has 78 valence electrons. The number of unbranched alkanes of at least 4 members (excludes halogenated alkanes) is 2. The van der Waals surface area contributed by atoms with Crippen LogP contribution in [-0.2, 0) is 9.53 Å². The molecule has 2 nitrogen and oxygen atoms in total. The molecule has 0 fully saturated rings. The van der Waals surface area contributed by atoms with Crippen LogP contribution < -0.4 is 0 Å². The molecule has 0 saturated heterocycles. The van der Waals surface area contributed by atoms with Crippen molar-refractivity contribution in [3.8, 4) is 0 Å². The third-order valence-corrected chi connectivity index (χ3v) is 2.12. The molecule has 0 aromatic heterocycles. The predicted molar refractivity (Wildman–Crippen MR) is 54.6 cm³/mol. The third kappa shape index (κ3) is 7.82. The van der Waals surface area contributed by atoms with E-state index in [1.54, 1.807) is 0 Å². The van der Waals surface area contributed by atoms with Crippen LogP contribution in [-0.4, -0.2) is 12.6 Å². The molecule has 0 saturated carbocycles. The molecule has 0 radical (unpaired) electrons. The van der Waals surface area contributed by atoms with Gasteiger partial charge in [0, 0.05) is 6.42 Å². The average Bonchev–Trinajstić information content (AvgIpc) is 2.05. The fraction of sp³-hybridized carbons (Fsp3) is 0.909. The number of esters is 1. The number of hydrogen-bond donors (Lipinski definition) is 0. The monoisotopic (exact) mass is 186 g/mol. The van der Waals surface area contributed by atoms with Gasteiger partial charge in [0.1, 0.15) is 0 Å². The van der Waals surface area contributed by atoms with E-state index in [2.05, 4.69) is 13.8 Å². The van der Waals surface area contributed by atoms with Gasteiger partial charge in [-0.2, -0.15) is 0 Å². The van der Waals surface area contributed by atoms with Gasteiger partial charge in [0.15, 0.2) is 0 Å². The van der Waals surface area contributed by atoms with Crippen LogP contribution in [0.4, 0.5) is 0 Å². The van der Waals surface area contributed by atoms with Crippen molar-refractivity contribution in [3.63, 3.8) is 0 Å². The summed E-state index contributed by atoms with van der Waals surface area (Å²) < 4.78 is 4.88. The van der Waals surface area contributed by atoms with Crippen molar-refractivity contribution >= 4 is 5.97 Å². The first-order chi connectivity index (χ1) is 6.20. The minimum Gasteiger partial charge on any atom is -0.466 e. The highest BCUT2D eigenvalue weighted by atomic mass is 16.5. The molecule has 2 heteroatoms. The van der Waals surface area contributed by atoms with Crippen molar-refractivity contribution in [2.24, 2.45) is 5.92 Å². The van der Waals surface area contributed by atoms with Crippen LogP contribution in [0.15, 0.2) is 0 Å². The minimum atomic E-state index is -0.0495. The summed E-state index contributed by atoms with van der Waals surface area (Å²) >= 11 is 0. The lowest BCUT2D eigenvalue weighted by Crippen LogP contribution is -2.09. The molecule has 0 heterocycles. The van der Waals surface area contributed by atoms with E-state index < -0.39 is 0 Å². The molecule has 0 spiro atoms. The van der Waals surface area contributed by atoms with Gasteiger partial charge >= 0.3 is 5.97 Å². The molecular weight excluding hydrogens is 164 g/mol. The zero-order valence-corrected chi connectivity index (χ0v) is 9.14. The van der Waals surface area contributed by atoms with Gasteiger partial charge in [-0.05, 0) is 12.8 Å². The zero-order chi connectivity index (χ0) is 10.1. The SMILES string of the molecule is CCCCC[C@@H](C)CC(=O)OCC. The van der Waals surface area contributed by atoms with Gasteiger partial charge in [-0.1, -0.05) is 39.5 Å². The summed E-state index contributed by atoms with van der Waals surface area (Å²) in [5.74, 6) is 0.428. The van der Waals surface area contributed by atoms with E-state index >= 15 is 0 Å². The highest BCUT2D eigenvalue weighted by Crippen LogP contribution is 2.13. The van der Waals surface area contributed by atoms with E-state index in [-0.39, 0.29) is 5.97 Å². The molecule has 13 heavy (non-hydrogen) atoms. The topological polar surface area (TPSA) is 26.3 Å². The Labute approximate surface area is 81.7 Å². The number of carbonyl (C=O) groups is 1. The summed E-state index contributed by atoms with van der Waals surface area (Å²) in [6, 6.07) is 0. The first kappa shape index (κ1) is 12.5. The zero-order valence-electron chi connectivity index (χ0n) is 9.14. The van der Waals surface area contributed by atoms with Crippen LogP contribution in [0.3, 0.4) is 0 Å². The number of hydrogen-bond acceptors (Lipinski definition) is 2. The Kier molecular flexibility index (Phi) is 7.76. The molecule has 1 atom stereocenters. The van der Waals surface area contributed by atoms with Crippen molar-refractivity contribution in [3.05, 3.63) is 0 Å². The Bertz CT molecular complexity index is 132. The fourth-order valence-electron chi connectivity index (χ4n) is 1.35. The normalized spacial score (nSPS) is 12.5. The third-order valence-electron chi connectivity index (χ3n) is 2.12. The van der Waals surface area contributed by atoms with Gasteiger partial charge in [0.25, 0.3) is 0 Å². The van der Waals surface area contributed by atoms with E-state index in [4.69, 9.17) is 4.74 Å². The second kappa shape index (κ2) is 8.09. The summed E-state index contributed by atoms with van der Waals surface area (Å²) in [5.41, 5.74) is 0. The summed E-state index contributed by atoms with van der Waals surface area (Å²) in [4.78, 5) is 11.1. The molecule has 0 aliphatic rings. The van der Waals surface area contributed by atoms with E-state index in [1.165, 1.54) is 19.3 Å². The Hall–Kier alpha value is -0.530. The molecule has 0 bridgehead atoms. The molecule has 0 aromatic rings. The first-order valence-corrected chi connectivity index (χ1v) is 5.36. The van der Waals surface area contributed by atoms with Gasteiger partial charge in [-0.25, -0.2) is 0 Å². The smallest absolute Gasteiger partial charge is 0.306 e. The van der Waals surface area contributed by atoms with Crippen molar-refractivity contribution in [2.45, 2.75) is 52.9 Å². The molecule has 0 unspecified atom stereocenters. The summed E-state index contributed by atoms with van der Waals surface area (Å²) in [7, 11) is 0.